The molecule has 1 aliphatic rings. The highest BCUT2D eigenvalue weighted by molar-refractivity contribution is 7.20. The number of amides is 2. The largest absolute Gasteiger partial charge is 0.481 e. The maximum absolute atomic E-state index is 13.7. The molecule has 1 aromatic carbocycles. The zero-order valence-electron chi connectivity index (χ0n) is 16.6. The monoisotopic (exact) mass is 447 g/mol. The van der Waals surface area contributed by atoms with Crippen LogP contribution in [0.25, 0.3) is 10.2 Å². The number of carbonyl (C=O) groups excluding carboxylic acids is 2. The third-order valence-corrected chi connectivity index (χ3v) is 6.05. The van der Waals surface area contributed by atoms with Gasteiger partial charge >= 0.3 is 0 Å². The number of fused-ring (bicyclic) bond motifs is 1. The van der Waals surface area contributed by atoms with Crippen molar-refractivity contribution in [2.75, 3.05) is 33.4 Å². The molecule has 3 aromatic rings. The van der Waals surface area contributed by atoms with Gasteiger partial charge in [-0.2, -0.15) is 0 Å². The zero-order chi connectivity index (χ0) is 22.0. The molecule has 1 saturated heterocycles. The zero-order valence-corrected chi connectivity index (χ0v) is 17.4. The molecule has 162 valence electrons. The first-order valence-corrected chi connectivity index (χ1v) is 10.4. The van der Waals surface area contributed by atoms with Crippen LogP contribution in [-0.4, -0.2) is 55.0 Å². The first-order valence-electron chi connectivity index (χ1n) is 9.54. The number of rotatable bonds is 5. The fraction of sp³-hybridized carbons (Fsp3) is 0.286. The number of pyridine rings is 1. The molecular weight excluding hydrogens is 428 g/mol. The highest BCUT2D eigenvalue weighted by atomic mass is 32.1. The number of aromatic nitrogens is 1. The number of benzene rings is 1. The molecular formula is C21H19F2N3O4S. The first-order chi connectivity index (χ1) is 15.0. The van der Waals surface area contributed by atoms with Gasteiger partial charge in [0.2, 0.25) is 0 Å². The lowest BCUT2D eigenvalue weighted by atomic mass is 10.0. The van der Waals surface area contributed by atoms with Crippen molar-refractivity contribution in [3.8, 4) is 5.75 Å². The van der Waals surface area contributed by atoms with E-state index in [0.29, 0.717) is 27.9 Å². The molecule has 0 unspecified atom stereocenters. The third kappa shape index (κ3) is 4.35. The number of thiophene rings is 1. The van der Waals surface area contributed by atoms with Gasteiger partial charge in [-0.25, -0.2) is 13.8 Å². The quantitative estimate of drug-likeness (QED) is 0.651. The summed E-state index contributed by atoms with van der Waals surface area (Å²) in [6, 6.07) is 6.54. The van der Waals surface area contributed by atoms with Gasteiger partial charge in [-0.05, 0) is 18.2 Å². The number of morpholine rings is 1. The Kier molecular flexibility index (Phi) is 6.10. The van der Waals surface area contributed by atoms with Gasteiger partial charge in [-0.15, -0.1) is 11.3 Å². The smallest absolute Gasteiger partial charge is 0.261 e. The summed E-state index contributed by atoms with van der Waals surface area (Å²) in [5, 5.41) is 3.43. The Morgan fingerprint density at radius 3 is 2.97 bits per heavy atom. The minimum atomic E-state index is -0.875. The van der Waals surface area contributed by atoms with Crippen molar-refractivity contribution in [3.63, 3.8) is 0 Å². The van der Waals surface area contributed by atoms with Crippen molar-refractivity contribution in [2.45, 2.75) is 6.10 Å². The molecule has 1 atom stereocenters. The highest BCUT2D eigenvalue weighted by Gasteiger charge is 2.31. The normalized spacial score (nSPS) is 16.4. The summed E-state index contributed by atoms with van der Waals surface area (Å²) >= 11 is 1.27. The van der Waals surface area contributed by atoms with Crippen molar-refractivity contribution in [1.29, 1.82) is 0 Å². The Bertz CT molecular complexity index is 1140. The van der Waals surface area contributed by atoms with E-state index in [0.717, 1.165) is 17.5 Å². The fourth-order valence-electron chi connectivity index (χ4n) is 3.43. The van der Waals surface area contributed by atoms with E-state index in [-0.39, 0.29) is 30.7 Å². The number of nitrogens with one attached hydrogen (secondary N) is 1. The van der Waals surface area contributed by atoms with E-state index in [1.165, 1.54) is 11.3 Å². The van der Waals surface area contributed by atoms with E-state index in [9.17, 15) is 18.4 Å². The molecule has 0 bridgehead atoms. The summed E-state index contributed by atoms with van der Waals surface area (Å²) in [6.07, 6.45) is 1.13. The Morgan fingerprint density at radius 1 is 1.35 bits per heavy atom. The molecule has 1 fully saturated rings. The summed E-state index contributed by atoms with van der Waals surface area (Å²) < 4.78 is 37.9. The van der Waals surface area contributed by atoms with Crippen LogP contribution in [0.3, 0.4) is 0 Å². The van der Waals surface area contributed by atoms with Gasteiger partial charge in [-0.3, -0.25) is 9.59 Å². The van der Waals surface area contributed by atoms with Crippen molar-refractivity contribution < 1.29 is 27.8 Å². The average Bonchev–Trinajstić information content (AvgIpc) is 3.17. The predicted molar refractivity (Wildman–Crippen MR) is 110 cm³/mol. The van der Waals surface area contributed by atoms with Gasteiger partial charge in [0.05, 0.1) is 13.2 Å². The Hall–Kier alpha value is -3.11. The van der Waals surface area contributed by atoms with Crippen molar-refractivity contribution in [2.24, 2.45) is 0 Å². The molecule has 3 heterocycles. The summed E-state index contributed by atoms with van der Waals surface area (Å²) in [5.41, 5.74) is 0.690. The molecule has 0 saturated carbocycles. The molecule has 31 heavy (non-hydrogen) atoms. The second-order valence-corrected chi connectivity index (χ2v) is 7.84. The van der Waals surface area contributed by atoms with Crippen molar-refractivity contribution in [3.05, 3.63) is 58.6 Å². The second kappa shape index (κ2) is 8.94. The predicted octanol–water partition coefficient (Wildman–Crippen LogP) is 2.91. The Morgan fingerprint density at radius 2 is 2.19 bits per heavy atom. The molecule has 1 N–H and O–H groups in total. The Labute approximate surface area is 180 Å². The third-order valence-electron chi connectivity index (χ3n) is 4.92. The molecule has 0 radical (unpaired) electrons. The van der Waals surface area contributed by atoms with E-state index in [2.05, 4.69) is 10.3 Å². The number of nitrogens with zero attached hydrogens (tertiary/aromatic N) is 2. The summed E-state index contributed by atoms with van der Waals surface area (Å²) in [4.78, 5) is 32.2. The van der Waals surface area contributed by atoms with Gasteiger partial charge in [0, 0.05) is 36.8 Å². The van der Waals surface area contributed by atoms with Crippen LogP contribution >= 0.6 is 11.3 Å². The summed E-state index contributed by atoms with van der Waals surface area (Å²) in [5.74, 6) is -2.41. The maximum atomic E-state index is 13.7. The van der Waals surface area contributed by atoms with Crippen molar-refractivity contribution in [1.82, 2.24) is 15.2 Å². The van der Waals surface area contributed by atoms with Crippen LogP contribution in [0.5, 0.6) is 5.75 Å². The van der Waals surface area contributed by atoms with Crippen LogP contribution in [0.15, 0.2) is 36.5 Å². The lowest BCUT2D eigenvalue weighted by Gasteiger charge is -2.33. The minimum absolute atomic E-state index is 0.198. The molecule has 1 aliphatic heterocycles. The number of hydrogen-bond acceptors (Lipinski definition) is 6. The standard InChI is InChI=1S/C21H19F2N3O4S/c1-24-20(28)19-18(13-3-2-6-25-21(13)31-19)16-10-26(7-8-29-16)17(27)11-30-15-5-4-12(22)9-14(15)23/h2-6,9,16H,7-8,10-11H2,1H3,(H,24,28)/t16-/m1/s1. The molecule has 0 aliphatic carbocycles. The second-order valence-electron chi connectivity index (χ2n) is 6.84. The SMILES string of the molecule is CNC(=O)c1sc2ncccc2c1[C@H]1CN(C(=O)COc2ccc(F)cc2F)CCO1. The highest BCUT2D eigenvalue weighted by Crippen LogP contribution is 2.37. The van der Waals surface area contributed by atoms with E-state index in [1.54, 1.807) is 24.2 Å². The van der Waals surface area contributed by atoms with E-state index < -0.39 is 24.3 Å². The summed E-state index contributed by atoms with van der Waals surface area (Å²) in [6.45, 7) is 0.411. The number of carbonyl (C=O) groups is 2. The minimum Gasteiger partial charge on any atom is -0.481 e. The average molecular weight is 447 g/mol. The Balaban J connectivity index is 1.52. The van der Waals surface area contributed by atoms with Crippen LogP contribution in [-0.2, 0) is 9.53 Å². The van der Waals surface area contributed by atoms with Gasteiger partial charge in [0.15, 0.2) is 18.2 Å². The van der Waals surface area contributed by atoms with Gasteiger partial charge in [0.25, 0.3) is 11.8 Å². The van der Waals surface area contributed by atoms with Crippen LogP contribution in [0.2, 0.25) is 0 Å². The van der Waals surface area contributed by atoms with Crippen LogP contribution in [0.4, 0.5) is 8.78 Å². The molecule has 0 spiro atoms. The first kappa shape index (κ1) is 21.1. The molecule has 2 amide bonds. The molecule has 4 rings (SSSR count). The number of ether oxygens (including phenoxy) is 2. The van der Waals surface area contributed by atoms with E-state index in [4.69, 9.17) is 9.47 Å². The number of halogens is 2. The number of hydrogen-bond donors (Lipinski definition) is 1. The van der Waals surface area contributed by atoms with E-state index in [1.807, 2.05) is 6.07 Å². The lowest BCUT2D eigenvalue weighted by Crippen LogP contribution is -2.44. The summed E-state index contributed by atoms with van der Waals surface area (Å²) in [7, 11) is 1.55. The molecule has 10 heteroatoms. The lowest BCUT2D eigenvalue weighted by molar-refractivity contribution is -0.141. The van der Waals surface area contributed by atoms with Crippen molar-refractivity contribution >= 4 is 33.4 Å². The maximum Gasteiger partial charge on any atom is 0.261 e. The van der Waals surface area contributed by atoms with Crippen LogP contribution in [0.1, 0.15) is 21.3 Å². The fourth-order valence-corrected chi connectivity index (χ4v) is 4.57. The van der Waals surface area contributed by atoms with E-state index >= 15 is 0 Å². The van der Waals surface area contributed by atoms with Gasteiger partial charge in [-0.1, -0.05) is 6.07 Å². The van der Waals surface area contributed by atoms with Crippen LogP contribution < -0.4 is 10.1 Å². The molecule has 2 aromatic heterocycles. The van der Waals surface area contributed by atoms with Gasteiger partial charge < -0.3 is 19.7 Å². The topological polar surface area (TPSA) is 80.8 Å². The van der Waals surface area contributed by atoms with Crippen LogP contribution in [0, 0.1) is 11.6 Å². The van der Waals surface area contributed by atoms with Gasteiger partial charge in [0.1, 0.15) is 21.6 Å². The molecule has 7 nitrogen and oxygen atoms in total.